The van der Waals surface area contributed by atoms with Crippen molar-refractivity contribution in [1.29, 1.82) is 0 Å². The number of aromatic nitrogens is 2. The lowest BCUT2D eigenvalue weighted by atomic mass is 10.1. The van der Waals surface area contributed by atoms with E-state index < -0.39 is 0 Å². The average Bonchev–Trinajstić information content (AvgIpc) is 2.66. The van der Waals surface area contributed by atoms with Gasteiger partial charge in [0.05, 0.1) is 10.5 Å². The van der Waals surface area contributed by atoms with Gasteiger partial charge in [-0.15, -0.1) is 0 Å². The molecule has 0 aliphatic carbocycles. The molecule has 0 atom stereocenters. The van der Waals surface area contributed by atoms with Crippen LogP contribution < -0.4 is 4.90 Å². The molecule has 3 aromatic rings. The number of nitrogens with zero attached hydrogens (tertiary/aromatic N) is 4. The van der Waals surface area contributed by atoms with E-state index in [0.717, 1.165) is 54.5 Å². The zero-order valence-corrected chi connectivity index (χ0v) is 15.2. The third kappa shape index (κ3) is 3.56. The number of fused-ring (bicyclic) bond motifs is 1. The number of piperazine rings is 1. The molecule has 0 saturated carbocycles. The van der Waals surface area contributed by atoms with Crippen LogP contribution in [0, 0.1) is 0 Å². The highest BCUT2D eigenvalue weighted by Crippen LogP contribution is 2.26. The molecular weight excluding hydrogens is 355 g/mol. The number of hydrogen-bond acceptors (Lipinski definition) is 4. The lowest BCUT2D eigenvalue weighted by Crippen LogP contribution is -2.46. The molecule has 1 aliphatic heterocycles. The first-order valence-corrected chi connectivity index (χ1v) is 9.07. The number of rotatable bonds is 3. The number of hydrogen-bond donors (Lipinski definition) is 0. The predicted octanol–water partition coefficient (Wildman–Crippen LogP) is 4.26. The third-order valence-electron chi connectivity index (χ3n) is 4.60. The summed E-state index contributed by atoms with van der Waals surface area (Å²) in [5.41, 5.74) is 2.22. The summed E-state index contributed by atoms with van der Waals surface area (Å²) < 4.78 is 0. The van der Waals surface area contributed by atoms with Crippen LogP contribution in [0.3, 0.4) is 0 Å². The van der Waals surface area contributed by atoms with Gasteiger partial charge in [-0.25, -0.2) is 4.98 Å². The van der Waals surface area contributed by atoms with E-state index in [1.165, 1.54) is 5.56 Å². The summed E-state index contributed by atoms with van der Waals surface area (Å²) in [5, 5.41) is 2.45. The van der Waals surface area contributed by atoms with Crippen molar-refractivity contribution in [2.75, 3.05) is 31.1 Å². The fourth-order valence-corrected chi connectivity index (χ4v) is 3.58. The topological polar surface area (TPSA) is 32.3 Å². The molecule has 2 aromatic heterocycles. The molecule has 0 bridgehead atoms. The van der Waals surface area contributed by atoms with Gasteiger partial charge in [0.15, 0.2) is 0 Å². The van der Waals surface area contributed by atoms with E-state index in [9.17, 15) is 0 Å². The molecule has 0 N–H and O–H groups in total. The van der Waals surface area contributed by atoms with Gasteiger partial charge in [-0.2, -0.15) is 0 Å². The van der Waals surface area contributed by atoms with E-state index in [1.807, 2.05) is 36.5 Å². The van der Waals surface area contributed by atoms with Crippen LogP contribution in [0.1, 0.15) is 5.56 Å². The molecule has 0 radical (unpaired) electrons. The molecule has 6 heteroatoms. The summed E-state index contributed by atoms with van der Waals surface area (Å²) in [4.78, 5) is 13.7. The Labute approximate surface area is 157 Å². The Hall–Kier alpha value is -1.88. The summed E-state index contributed by atoms with van der Waals surface area (Å²) in [5.74, 6) is 0.989. The number of halogens is 2. The summed E-state index contributed by atoms with van der Waals surface area (Å²) >= 11 is 12.2. The highest BCUT2D eigenvalue weighted by atomic mass is 35.5. The first-order valence-electron chi connectivity index (χ1n) is 8.32. The molecule has 3 heterocycles. The highest BCUT2D eigenvalue weighted by molar-refractivity contribution is 6.35. The van der Waals surface area contributed by atoms with Crippen LogP contribution >= 0.6 is 23.2 Å². The second-order valence-electron chi connectivity index (χ2n) is 6.20. The molecule has 4 nitrogen and oxygen atoms in total. The minimum atomic E-state index is 0.671. The second-order valence-corrected chi connectivity index (χ2v) is 7.05. The van der Waals surface area contributed by atoms with Crippen LogP contribution in [0.2, 0.25) is 10.0 Å². The maximum absolute atomic E-state index is 6.29. The van der Waals surface area contributed by atoms with Gasteiger partial charge >= 0.3 is 0 Å². The summed E-state index contributed by atoms with van der Waals surface area (Å²) in [6.45, 7) is 4.76. The monoisotopic (exact) mass is 372 g/mol. The quantitative estimate of drug-likeness (QED) is 0.687. The Morgan fingerprint density at radius 3 is 2.52 bits per heavy atom. The molecule has 1 fully saturated rings. The Morgan fingerprint density at radius 1 is 0.920 bits per heavy atom. The van der Waals surface area contributed by atoms with E-state index >= 15 is 0 Å². The molecule has 0 spiro atoms. The first kappa shape index (κ1) is 16.6. The van der Waals surface area contributed by atoms with Gasteiger partial charge < -0.3 is 4.90 Å². The van der Waals surface area contributed by atoms with Gasteiger partial charge in [0, 0.05) is 55.5 Å². The van der Waals surface area contributed by atoms with E-state index in [-0.39, 0.29) is 0 Å². The smallest absolute Gasteiger partial charge is 0.128 e. The Morgan fingerprint density at radius 2 is 1.76 bits per heavy atom. The van der Waals surface area contributed by atoms with Crippen molar-refractivity contribution in [3.63, 3.8) is 0 Å². The van der Waals surface area contributed by atoms with Gasteiger partial charge in [-0.3, -0.25) is 9.88 Å². The van der Waals surface area contributed by atoms with Crippen molar-refractivity contribution in [3.05, 3.63) is 64.4 Å². The summed E-state index contributed by atoms with van der Waals surface area (Å²) in [6.07, 6.45) is 3.53. The third-order valence-corrected chi connectivity index (χ3v) is 5.16. The molecule has 1 aromatic carbocycles. The molecule has 4 rings (SSSR count). The Bertz CT molecular complexity index is 874. The second kappa shape index (κ2) is 7.16. The maximum atomic E-state index is 6.29. The molecular formula is C19H18Cl2N4. The van der Waals surface area contributed by atoms with E-state index in [4.69, 9.17) is 23.2 Å². The molecule has 1 aliphatic rings. The van der Waals surface area contributed by atoms with Crippen molar-refractivity contribution in [1.82, 2.24) is 14.9 Å². The molecule has 128 valence electrons. The van der Waals surface area contributed by atoms with Gasteiger partial charge in [0.2, 0.25) is 0 Å². The SMILES string of the molecule is Clc1ccc(N2CCN(Cc3ccc(Cl)c4cccnc34)CC2)nc1. The van der Waals surface area contributed by atoms with Crippen molar-refractivity contribution < 1.29 is 0 Å². The lowest BCUT2D eigenvalue weighted by molar-refractivity contribution is 0.250. The zero-order valence-electron chi connectivity index (χ0n) is 13.7. The zero-order chi connectivity index (χ0) is 17.2. The minimum absolute atomic E-state index is 0.671. The number of anilines is 1. The van der Waals surface area contributed by atoms with Gasteiger partial charge in [-0.1, -0.05) is 29.3 Å². The van der Waals surface area contributed by atoms with E-state index in [0.29, 0.717) is 5.02 Å². The average molecular weight is 373 g/mol. The fourth-order valence-electron chi connectivity index (χ4n) is 3.26. The van der Waals surface area contributed by atoms with Crippen LogP contribution in [-0.4, -0.2) is 41.0 Å². The Kier molecular flexibility index (Phi) is 4.75. The lowest BCUT2D eigenvalue weighted by Gasteiger charge is -2.35. The highest BCUT2D eigenvalue weighted by Gasteiger charge is 2.19. The van der Waals surface area contributed by atoms with Crippen LogP contribution in [0.25, 0.3) is 10.9 Å². The van der Waals surface area contributed by atoms with Crippen molar-refractivity contribution in [2.45, 2.75) is 6.54 Å². The van der Waals surface area contributed by atoms with Crippen LogP contribution in [0.4, 0.5) is 5.82 Å². The van der Waals surface area contributed by atoms with Crippen LogP contribution in [0.5, 0.6) is 0 Å². The molecule has 0 amide bonds. The van der Waals surface area contributed by atoms with E-state index in [2.05, 4.69) is 25.8 Å². The largest absolute Gasteiger partial charge is 0.354 e. The number of benzene rings is 1. The predicted molar refractivity (Wildman–Crippen MR) is 103 cm³/mol. The first-order chi connectivity index (χ1) is 12.2. The van der Waals surface area contributed by atoms with Crippen LogP contribution in [0.15, 0.2) is 48.8 Å². The summed E-state index contributed by atoms with van der Waals surface area (Å²) in [6, 6.07) is 11.9. The molecule has 25 heavy (non-hydrogen) atoms. The van der Waals surface area contributed by atoms with E-state index in [1.54, 1.807) is 6.20 Å². The van der Waals surface area contributed by atoms with Crippen LogP contribution in [-0.2, 0) is 6.54 Å². The van der Waals surface area contributed by atoms with Gasteiger partial charge in [0.25, 0.3) is 0 Å². The maximum Gasteiger partial charge on any atom is 0.128 e. The molecule has 0 unspecified atom stereocenters. The standard InChI is InChI=1S/C19H18Cl2N4/c20-15-4-6-18(23-12-15)25-10-8-24(9-11-25)13-14-3-5-17(21)16-2-1-7-22-19(14)16/h1-7,12H,8-11,13H2. The van der Waals surface area contributed by atoms with Gasteiger partial charge in [0.1, 0.15) is 5.82 Å². The number of pyridine rings is 2. The molecule has 1 saturated heterocycles. The summed E-state index contributed by atoms with van der Waals surface area (Å²) in [7, 11) is 0. The van der Waals surface area contributed by atoms with Crippen molar-refractivity contribution in [3.8, 4) is 0 Å². The normalized spacial score (nSPS) is 15.7. The van der Waals surface area contributed by atoms with Crippen molar-refractivity contribution >= 4 is 39.9 Å². The fraction of sp³-hybridized carbons (Fsp3) is 0.263. The van der Waals surface area contributed by atoms with Crippen molar-refractivity contribution in [2.24, 2.45) is 0 Å². The Balaban J connectivity index is 1.45. The van der Waals surface area contributed by atoms with Gasteiger partial charge in [-0.05, 0) is 35.9 Å². The minimum Gasteiger partial charge on any atom is -0.354 e.